The average molecular weight is 418 g/mol. The molecule has 8 heteroatoms. The summed E-state index contributed by atoms with van der Waals surface area (Å²) in [6.45, 7) is 4.03. The fourth-order valence-corrected chi connectivity index (χ4v) is 3.56. The van der Waals surface area contributed by atoms with Gasteiger partial charge in [0.25, 0.3) is 0 Å². The van der Waals surface area contributed by atoms with Crippen LogP contribution in [-0.4, -0.2) is 27.4 Å². The highest BCUT2D eigenvalue weighted by molar-refractivity contribution is 5.90. The van der Waals surface area contributed by atoms with Gasteiger partial charge in [-0.2, -0.15) is 4.98 Å². The number of nitrogens with zero attached hydrogens (tertiary/aromatic N) is 3. The molecule has 158 valence electrons. The summed E-state index contributed by atoms with van der Waals surface area (Å²) in [7, 11) is 0. The number of aromatic nitrogens is 3. The van der Waals surface area contributed by atoms with Crippen molar-refractivity contribution in [2.45, 2.75) is 26.3 Å². The summed E-state index contributed by atoms with van der Waals surface area (Å²) in [4.78, 5) is 24.6. The van der Waals surface area contributed by atoms with E-state index in [2.05, 4.69) is 37.0 Å². The number of amides is 1. The van der Waals surface area contributed by atoms with E-state index in [1.54, 1.807) is 12.1 Å². The van der Waals surface area contributed by atoms with Crippen molar-refractivity contribution >= 4 is 28.8 Å². The summed E-state index contributed by atoms with van der Waals surface area (Å²) in [6.07, 6.45) is 4.17. The highest BCUT2D eigenvalue weighted by Gasteiger charge is 2.21. The Hall–Kier alpha value is -3.65. The minimum atomic E-state index is -0.253. The molecule has 7 nitrogen and oxygen atoms in total. The van der Waals surface area contributed by atoms with Gasteiger partial charge in [0.2, 0.25) is 11.9 Å². The van der Waals surface area contributed by atoms with Gasteiger partial charge >= 0.3 is 0 Å². The van der Waals surface area contributed by atoms with E-state index in [0.717, 1.165) is 28.1 Å². The molecule has 4 rings (SSSR count). The highest BCUT2D eigenvalue weighted by atomic mass is 19.1. The molecular weight excluding hydrogens is 395 g/mol. The molecule has 0 saturated heterocycles. The van der Waals surface area contributed by atoms with Crippen molar-refractivity contribution in [3.8, 4) is 0 Å². The average Bonchev–Trinajstić information content (AvgIpc) is 2.77. The third kappa shape index (κ3) is 4.92. The Morgan fingerprint density at radius 3 is 2.77 bits per heavy atom. The maximum absolute atomic E-state index is 13.6. The second kappa shape index (κ2) is 9.01. The van der Waals surface area contributed by atoms with Gasteiger partial charge in [0.05, 0.1) is 6.04 Å². The second-order valence-corrected chi connectivity index (χ2v) is 7.36. The predicted molar refractivity (Wildman–Crippen MR) is 118 cm³/mol. The minimum absolute atomic E-state index is 0.112. The lowest BCUT2D eigenvalue weighted by Crippen LogP contribution is -2.27. The molecule has 0 radical (unpaired) electrons. The number of hydrogen-bond acceptors (Lipinski definition) is 6. The molecule has 0 saturated carbocycles. The van der Waals surface area contributed by atoms with Crippen LogP contribution in [0.1, 0.15) is 36.3 Å². The molecule has 2 heterocycles. The van der Waals surface area contributed by atoms with Crippen LogP contribution in [-0.2, 0) is 4.79 Å². The molecule has 1 atom stereocenters. The summed E-state index contributed by atoms with van der Waals surface area (Å²) in [5.74, 6) is 0.636. The summed E-state index contributed by atoms with van der Waals surface area (Å²) < 4.78 is 13.6. The number of carbonyl (C=O) groups is 1. The zero-order valence-electron chi connectivity index (χ0n) is 17.3. The van der Waals surface area contributed by atoms with Crippen molar-refractivity contribution < 1.29 is 9.18 Å². The van der Waals surface area contributed by atoms with Gasteiger partial charge in [0, 0.05) is 24.8 Å². The van der Waals surface area contributed by atoms with E-state index in [1.807, 2.05) is 31.2 Å². The first-order valence-corrected chi connectivity index (χ1v) is 10.0. The van der Waals surface area contributed by atoms with Crippen molar-refractivity contribution in [2.75, 3.05) is 17.2 Å². The first-order valence-electron chi connectivity index (χ1n) is 10.0. The van der Waals surface area contributed by atoms with Gasteiger partial charge in [-0.1, -0.05) is 24.3 Å². The molecule has 1 aliphatic rings. The van der Waals surface area contributed by atoms with Crippen molar-refractivity contribution in [3.63, 3.8) is 0 Å². The number of nitrogens with one attached hydrogen (secondary N) is 3. The molecule has 0 bridgehead atoms. The molecule has 31 heavy (non-hydrogen) atoms. The molecular formula is C23H23FN6O. The zero-order valence-corrected chi connectivity index (χ0v) is 17.3. The first-order chi connectivity index (χ1) is 15.0. The lowest BCUT2D eigenvalue weighted by atomic mass is 9.95. The van der Waals surface area contributed by atoms with E-state index < -0.39 is 0 Å². The van der Waals surface area contributed by atoms with Crippen LogP contribution in [0.4, 0.5) is 21.7 Å². The van der Waals surface area contributed by atoms with Crippen LogP contribution in [0.5, 0.6) is 0 Å². The van der Waals surface area contributed by atoms with E-state index >= 15 is 0 Å². The number of carbonyl (C=O) groups excluding carboxylic acids is 1. The van der Waals surface area contributed by atoms with Crippen LogP contribution >= 0.6 is 0 Å². The molecule has 1 aliphatic heterocycles. The van der Waals surface area contributed by atoms with Crippen molar-refractivity contribution in [3.05, 3.63) is 77.6 Å². The number of hydrogen-bond donors (Lipinski definition) is 3. The number of rotatable bonds is 5. The molecule has 1 unspecified atom stereocenters. The SMILES string of the molecule is CC(=O)Nc1cccc(Nc2ncnc(C3CC(c4cccc(F)c4)=CCN3)n2)c1C. The lowest BCUT2D eigenvalue weighted by molar-refractivity contribution is -0.114. The Morgan fingerprint density at radius 1 is 1.16 bits per heavy atom. The quantitative estimate of drug-likeness (QED) is 0.577. The fourth-order valence-electron chi connectivity index (χ4n) is 3.56. The van der Waals surface area contributed by atoms with Gasteiger partial charge in [-0.25, -0.2) is 14.4 Å². The van der Waals surface area contributed by atoms with E-state index in [-0.39, 0.29) is 17.8 Å². The van der Waals surface area contributed by atoms with Crippen LogP contribution in [0.15, 0.2) is 54.9 Å². The summed E-state index contributed by atoms with van der Waals surface area (Å²) in [5.41, 5.74) is 4.32. The van der Waals surface area contributed by atoms with Gasteiger partial charge in [0.1, 0.15) is 12.1 Å². The summed E-state index contributed by atoms with van der Waals surface area (Å²) in [5, 5.41) is 9.41. The first kappa shape index (κ1) is 20.6. The van der Waals surface area contributed by atoms with Crippen molar-refractivity contribution in [1.29, 1.82) is 0 Å². The van der Waals surface area contributed by atoms with Gasteiger partial charge in [0.15, 0.2) is 5.82 Å². The molecule has 3 N–H and O–H groups in total. The van der Waals surface area contributed by atoms with Crippen molar-refractivity contribution in [1.82, 2.24) is 20.3 Å². The monoisotopic (exact) mass is 418 g/mol. The molecule has 3 aromatic rings. The zero-order chi connectivity index (χ0) is 21.8. The Bertz CT molecular complexity index is 1150. The van der Waals surface area contributed by atoms with Gasteiger partial charge in [-0.15, -0.1) is 0 Å². The molecule has 1 aromatic heterocycles. The molecule has 0 spiro atoms. The summed E-state index contributed by atoms with van der Waals surface area (Å²) in [6, 6.07) is 12.1. The Balaban J connectivity index is 1.53. The molecule has 2 aromatic carbocycles. The second-order valence-electron chi connectivity index (χ2n) is 7.36. The van der Waals surface area contributed by atoms with Gasteiger partial charge in [-0.05, 0) is 54.3 Å². The topological polar surface area (TPSA) is 91.8 Å². The Kier molecular flexibility index (Phi) is 5.99. The molecule has 0 fully saturated rings. The molecule has 0 aliphatic carbocycles. The van der Waals surface area contributed by atoms with E-state index in [1.165, 1.54) is 19.3 Å². The maximum atomic E-state index is 13.6. The number of halogens is 1. The van der Waals surface area contributed by atoms with Gasteiger partial charge in [-0.3, -0.25) is 4.79 Å². The number of benzene rings is 2. The smallest absolute Gasteiger partial charge is 0.230 e. The van der Waals surface area contributed by atoms with Crippen LogP contribution < -0.4 is 16.0 Å². The van der Waals surface area contributed by atoms with Crippen LogP contribution in [0, 0.1) is 12.7 Å². The van der Waals surface area contributed by atoms with E-state index in [4.69, 9.17) is 0 Å². The highest BCUT2D eigenvalue weighted by Crippen LogP contribution is 2.30. The van der Waals surface area contributed by atoms with Crippen molar-refractivity contribution in [2.24, 2.45) is 0 Å². The van der Waals surface area contributed by atoms with Gasteiger partial charge < -0.3 is 16.0 Å². The molecule has 1 amide bonds. The largest absolute Gasteiger partial charge is 0.326 e. The number of anilines is 3. The third-order valence-corrected chi connectivity index (χ3v) is 5.13. The minimum Gasteiger partial charge on any atom is -0.326 e. The van der Waals surface area contributed by atoms with Crippen LogP contribution in [0.25, 0.3) is 5.57 Å². The Labute approximate surface area is 179 Å². The van der Waals surface area contributed by atoms with E-state index in [0.29, 0.717) is 24.7 Å². The fraction of sp³-hybridized carbons (Fsp3) is 0.217. The maximum Gasteiger partial charge on any atom is 0.230 e. The Morgan fingerprint density at radius 2 is 1.97 bits per heavy atom. The third-order valence-electron chi connectivity index (χ3n) is 5.13. The normalized spacial score (nSPS) is 15.8. The standard InChI is InChI=1S/C23H23FN6O/c1-14-19(28-15(2)31)7-4-8-20(14)29-23-27-13-26-22(30-23)21-12-17(9-10-25-21)16-5-3-6-18(24)11-16/h3-9,11,13,21,25H,10,12H2,1-2H3,(H,28,31)(H,26,27,29,30). The van der Waals surface area contributed by atoms with E-state index in [9.17, 15) is 9.18 Å². The predicted octanol–water partition coefficient (Wildman–Crippen LogP) is 4.14. The lowest BCUT2D eigenvalue weighted by Gasteiger charge is -2.23. The summed E-state index contributed by atoms with van der Waals surface area (Å²) >= 11 is 0. The van der Waals surface area contributed by atoms with Crippen LogP contribution in [0.3, 0.4) is 0 Å². The van der Waals surface area contributed by atoms with Crippen LogP contribution in [0.2, 0.25) is 0 Å².